The zero-order valence-electron chi connectivity index (χ0n) is 13.2. The third-order valence-electron chi connectivity index (χ3n) is 3.62. The van der Waals surface area contributed by atoms with Crippen LogP contribution in [-0.4, -0.2) is 23.8 Å². The van der Waals surface area contributed by atoms with Crippen molar-refractivity contribution >= 4 is 10.0 Å². The molecule has 0 amide bonds. The molecular weight excluding hydrogens is 369 g/mol. The largest absolute Gasteiger partial charge is 0.416 e. The monoisotopic (exact) mass is 382 g/mol. The van der Waals surface area contributed by atoms with E-state index in [-0.39, 0.29) is 11.4 Å². The van der Waals surface area contributed by atoms with Gasteiger partial charge in [-0.25, -0.2) is 13.1 Å². The predicted molar refractivity (Wildman–Crippen MR) is 87.3 cm³/mol. The van der Waals surface area contributed by atoms with Crippen LogP contribution in [0.1, 0.15) is 11.3 Å². The highest BCUT2D eigenvalue weighted by Gasteiger charge is 2.29. The van der Waals surface area contributed by atoms with Gasteiger partial charge in [-0.15, -0.1) is 0 Å². The van der Waals surface area contributed by atoms with Crippen LogP contribution < -0.4 is 4.72 Å². The Labute approximate surface area is 147 Å². The first-order valence-corrected chi connectivity index (χ1v) is 8.86. The van der Waals surface area contributed by atoms with Crippen molar-refractivity contribution in [2.45, 2.75) is 17.6 Å². The van der Waals surface area contributed by atoms with Gasteiger partial charge in [0.05, 0.1) is 28.9 Å². The van der Waals surface area contributed by atoms with Crippen LogP contribution in [0.3, 0.4) is 0 Å². The molecule has 1 heterocycles. The first kappa shape index (κ1) is 18.1. The van der Waals surface area contributed by atoms with Crippen LogP contribution in [0.4, 0.5) is 13.2 Å². The minimum Gasteiger partial charge on any atom is -0.207 e. The number of sulfonamides is 1. The topological polar surface area (TPSA) is 87.7 Å². The molecule has 3 aromatic rings. The van der Waals surface area contributed by atoms with Gasteiger partial charge in [-0.1, -0.05) is 24.3 Å². The summed E-state index contributed by atoms with van der Waals surface area (Å²) in [5.41, 5.74) is 0.860. The van der Waals surface area contributed by atoms with Gasteiger partial charge in [0, 0.05) is 0 Å². The number of benzene rings is 2. The predicted octanol–water partition coefficient (Wildman–Crippen LogP) is 2.97. The number of rotatable bonds is 5. The second-order valence-electron chi connectivity index (χ2n) is 5.39. The third-order valence-corrected chi connectivity index (χ3v) is 5.04. The minimum atomic E-state index is -4.40. The van der Waals surface area contributed by atoms with Gasteiger partial charge in [0.15, 0.2) is 0 Å². The van der Waals surface area contributed by atoms with Crippen molar-refractivity contribution < 1.29 is 21.6 Å². The first-order chi connectivity index (χ1) is 12.3. The second kappa shape index (κ2) is 6.89. The standard InChI is InChI=1S/C16H13F3N4O2S/c17-16(18,19)13-5-1-11(2-6-13)12-3-7-15(8-4-12)26(24,25)21-10-14-9-20-23-22-14/h1-9,21H,10H2,(H,20,22,23). The van der Waals surface area contributed by atoms with Crippen molar-refractivity contribution in [1.29, 1.82) is 0 Å². The Hall–Kier alpha value is -2.72. The van der Waals surface area contributed by atoms with E-state index >= 15 is 0 Å². The van der Waals surface area contributed by atoms with E-state index in [4.69, 9.17) is 0 Å². The van der Waals surface area contributed by atoms with E-state index < -0.39 is 21.8 Å². The summed E-state index contributed by atoms with van der Waals surface area (Å²) in [5.74, 6) is 0. The van der Waals surface area contributed by atoms with Crippen molar-refractivity contribution in [3.8, 4) is 11.1 Å². The Kier molecular flexibility index (Phi) is 4.79. The minimum absolute atomic E-state index is 0.0144. The van der Waals surface area contributed by atoms with Gasteiger partial charge < -0.3 is 0 Å². The Morgan fingerprint density at radius 3 is 2.04 bits per heavy atom. The molecule has 136 valence electrons. The van der Waals surface area contributed by atoms with Crippen LogP contribution in [0, 0.1) is 0 Å². The lowest BCUT2D eigenvalue weighted by Crippen LogP contribution is -2.23. The van der Waals surface area contributed by atoms with Crippen molar-refractivity contribution in [3.05, 3.63) is 66.0 Å². The van der Waals surface area contributed by atoms with Crippen molar-refractivity contribution in [2.24, 2.45) is 0 Å². The summed E-state index contributed by atoms with van der Waals surface area (Å²) >= 11 is 0. The third kappa shape index (κ3) is 4.09. The average molecular weight is 382 g/mol. The molecule has 0 spiro atoms. The fourth-order valence-corrected chi connectivity index (χ4v) is 3.24. The number of alkyl halides is 3. The van der Waals surface area contributed by atoms with E-state index in [2.05, 4.69) is 20.1 Å². The molecule has 3 rings (SSSR count). The fraction of sp³-hybridized carbons (Fsp3) is 0.125. The van der Waals surface area contributed by atoms with Crippen LogP contribution >= 0.6 is 0 Å². The van der Waals surface area contributed by atoms with E-state index in [1.165, 1.54) is 42.6 Å². The maximum atomic E-state index is 12.6. The molecule has 0 bridgehead atoms. The fourth-order valence-electron chi connectivity index (χ4n) is 2.24. The van der Waals surface area contributed by atoms with E-state index in [0.717, 1.165) is 12.1 Å². The van der Waals surface area contributed by atoms with Crippen molar-refractivity contribution in [3.63, 3.8) is 0 Å². The summed E-state index contributed by atoms with van der Waals surface area (Å²) < 4.78 is 64.6. The molecule has 10 heteroatoms. The Morgan fingerprint density at radius 1 is 0.962 bits per heavy atom. The summed E-state index contributed by atoms with van der Waals surface area (Å²) in [6, 6.07) is 10.5. The van der Waals surface area contributed by atoms with Crippen LogP contribution in [-0.2, 0) is 22.7 Å². The van der Waals surface area contributed by atoms with Crippen LogP contribution in [0.25, 0.3) is 11.1 Å². The molecule has 0 aliphatic rings. The maximum absolute atomic E-state index is 12.6. The number of aromatic amines is 1. The lowest BCUT2D eigenvalue weighted by Gasteiger charge is -2.09. The maximum Gasteiger partial charge on any atom is 0.416 e. The quantitative estimate of drug-likeness (QED) is 0.710. The summed E-state index contributed by atoms with van der Waals surface area (Å²) in [6.45, 7) is -0.0144. The Morgan fingerprint density at radius 2 is 1.54 bits per heavy atom. The number of H-pyrrole nitrogens is 1. The van der Waals surface area contributed by atoms with Gasteiger partial charge in [0.25, 0.3) is 0 Å². The highest BCUT2D eigenvalue weighted by molar-refractivity contribution is 7.89. The van der Waals surface area contributed by atoms with E-state index in [9.17, 15) is 21.6 Å². The van der Waals surface area contributed by atoms with Crippen LogP contribution in [0.2, 0.25) is 0 Å². The van der Waals surface area contributed by atoms with Gasteiger partial charge in [-0.3, -0.25) is 0 Å². The summed E-state index contributed by atoms with van der Waals surface area (Å²) in [4.78, 5) is 0.0386. The number of hydrogen-bond acceptors (Lipinski definition) is 4. The summed E-state index contributed by atoms with van der Waals surface area (Å²) in [6.07, 6.45) is -3.00. The summed E-state index contributed by atoms with van der Waals surface area (Å²) in [7, 11) is -3.74. The average Bonchev–Trinajstić information content (AvgIpc) is 3.13. The molecule has 0 aliphatic heterocycles. The van der Waals surface area contributed by atoms with Crippen molar-refractivity contribution in [2.75, 3.05) is 0 Å². The lowest BCUT2D eigenvalue weighted by molar-refractivity contribution is -0.137. The molecular formula is C16H13F3N4O2S. The first-order valence-electron chi connectivity index (χ1n) is 7.38. The Balaban J connectivity index is 1.75. The van der Waals surface area contributed by atoms with Crippen LogP contribution in [0.15, 0.2) is 59.6 Å². The summed E-state index contributed by atoms with van der Waals surface area (Å²) in [5, 5.41) is 9.71. The molecule has 26 heavy (non-hydrogen) atoms. The molecule has 0 saturated heterocycles. The molecule has 0 atom stereocenters. The van der Waals surface area contributed by atoms with E-state index in [1.807, 2.05) is 0 Å². The van der Waals surface area contributed by atoms with E-state index in [0.29, 0.717) is 16.8 Å². The van der Waals surface area contributed by atoms with Gasteiger partial charge in [-0.2, -0.15) is 28.6 Å². The number of nitrogens with zero attached hydrogens (tertiary/aromatic N) is 2. The van der Waals surface area contributed by atoms with Gasteiger partial charge in [0.1, 0.15) is 0 Å². The van der Waals surface area contributed by atoms with Crippen molar-refractivity contribution in [1.82, 2.24) is 20.1 Å². The second-order valence-corrected chi connectivity index (χ2v) is 7.15. The number of aromatic nitrogens is 3. The van der Waals surface area contributed by atoms with Crippen LogP contribution in [0.5, 0.6) is 0 Å². The zero-order valence-corrected chi connectivity index (χ0v) is 14.0. The van der Waals surface area contributed by atoms with Gasteiger partial charge in [0.2, 0.25) is 10.0 Å². The molecule has 0 fully saturated rings. The van der Waals surface area contributed by atoms with Gasteiger partial charge >= 0.3 is 6.18 Å². The zero-order chi connectivity index (χ0) is 18.8. The smallest absolute Gasteiger partial charge is 0.207 e. The molecule has 6 nitrogen and oxygen atoms in total. The SMILES string of the molecule is O=S(=O)(NCc1cn[nH]n1)c1ccc(-c2ccc(C(F)(F)F)cc2)cc1. The molecule has 2 N–H and O–H groups in total. The molecule has 0 aliphatic carbocycles. The molecule has 0 unspecified atom stereocenters. The number of nitrogens with one attached hydrogen (secondary N) is 2. The van der Waals surface area contributed by atoms with Gasteiger partial charge in [-0.05, 0) is 35.4 Å². The number of hydrogen-bond donors (Lipinski definition) is 2. The lowest BCUT2D eigenvalue weighted by atomic mass is 10.0. The highest BCUT2D eigenvalue weighted by Crippen LogP contribution is 2.31. The Bertz CT molecular complexity index is 968. The highest BCUT2D eigenvalue weighted by atomic mass is 32.2. The number of halogens is 3. The molecule has 0 radical (unpaired) electrons. The van der Waals surface area contributed by atoms with E-state index in [1.54, 1.807) is 0 Å². The normalized spacial score (nSPS) is 12.3. The molecule has 1 aromatic heterocycles. The molecule has 0 saturated carbocycles. The molecule has 2 aromatic carbocycles.